The number of aromatic nitrogens is 3. The molecule has 1 N–H and O–H groups in total. The normalized spacial score (nSPS) is 14.6. The summed E-state index contributed by atoms with van der Waals surface area (Å²) in [6.45, 7) is 1.08. The summed E-state index contributed by atoms with van der Waals surface area (Å²) in [6.07, 6.45) is 5.38. The first-order valence-corrected chi connectivity index (χ1v) is 13.5. The number of nitrogens with zero attached hydrogens (tertiary/aromatic N) is 3. The topological polar surface area (TPSA) is 102 Å². The lowest BCUT2D eigenvalue weighted by molar-refractivity contribution is -0.147. The van der Waals surface area contributed by atoms with Gasteiger partial charge >= 0.3 is 5.97 Å². The first kappa shape index (κ1) is 30.5. The number of benzene rings is 1. The molecule has 0 bridgehead atoms. The van der Waals surface area contributed by atoms with Crippen molar-refractivity contribution in [2.24, 2.45) is 0 Å². The van der Waals surface area contributed by atoms with Crippen LogP contribution in [0.15, 0.2) is 29.2 Å². The van der Waals surface area contributed by atoms with Gasteiger partial charge in [0, 0.05) is 17.4 Å². The van der Waals surface area contributed by atoms with Crippen molar-refractivity contribution in [2.45, 2.75) is 57.6 Å². The third-order valence-electron chi connectivity index (χ3n) is 4.46. The second kappa shape index (κ2) is 13.7. The van der Waals surface area contributed by atoms with E-state index in [0.29, 0.717) is 5.56 Å². The van der Waals surface area contributed by atoms with Gasteiger partial charge in [-0.1, -0.05) is 88.2 Å². The highest BCUT2D eigenvalue weighted by atomic mass is 35.6. The molecule has 0 atom stereocenters. The number of hydrogen-bond donors (Lipinski definition) is 1. The largest absolute Gasteiger partial charge is 0.481 e. The van der Waals surface area contributed by atoms with E-state index in [2.05, 4.69) is 15.0 Å². The van der Waals surface area contributed by atoms with Crippen molar-refractivity contribution in [2.75, 3.05) is 5.75 Å². The number of hydrogen-bond acceptors (Lipinski definition) is 7. The maximum atomic E-state index is 12.1. The van der Waals surface area contributed by atoms with Crippen molar-refractivity contribution >= 4 is 93.3 Å². The molecule has 2 aromatic rings. The fourth-order valence-electron chi connectivity index (χ4n) is 3.00. The maximum Gasteiger partial charge on any atom is 0.316 e. The van der Waals surface area contributed by atoms with Crippen molar-refractivity contribution in [3.8, 4) is 11.4 Å². The zero-order valence-electron chi connectivity index (χ0n) is 18.3. The molecule has 3 rings (SSSR count). The molecule has 1 aliphatic rings. The molecule has 0 amide bonds. The number of halogens is 6. The van der Waals surface area contributed by atoms with Gasteiger partial charge in [0.05, 0.1) is 5.75 Å². The number of carboxylic acid groups (broad SMARTS) is 1. The summed E-state index contributed by atoms with van der Waals surface area (Å²) in [4.78, 5) is 34.3. The van der Waals surface area contributed by atoms with Crippen LogP contribution in [0.2, 0.25) is 0 Å². The highest BCUT2D eigenvalue weighted by Crippen LogP contribution is 2.40. The molecular formula is C21H21Cl6N3O4S. The molecule has 7 nitrogen and oxygen atoms in total. The van der Waals surface area contributed by atoms with Gasteiger partial charge < -0.3 is 9.84 Å². The number of alkyl halides is 6. The van der Waals surface area contributed by atoms with Crippen LogP contribution in [-0.2, 0) is 21.9 Å². The molecule has 1 aromatic carbocycles. The van der Waals surface area contributed by atoms with Gasteiger partial charge in [0.2, 0.25) is 7.59 Å². The number of carbonyl (C=O) groups excluding carboxylic acids is 1. The van der Waals surface area contributed by atoms with Crippen LogP contribution in [0.25, 0.3) is 11.4 Å². The second-order valence-electron chi connectivity index (χ2n) is 7.38. The van der Waals surface area contributed by atoms with Crippen molar-refractivity contribution in [1.82, 2.24) is 15.0 Å². The lowest BCUT2D eigenvalue weighted by atomic mass is 9.98. The van der Waals surface area contributed by atoms with Gasteiger partial charge in [-0.3, -0.25) is 9.59 Å². The molecule has 35 heavy (non-hydrogen) atoms. The van der Waals surface area contributed by atoms with E-state index in [-0.39, 0.29) is 35.3 Å². The Morgan fingerprint density at radius 3 is 1.89 bits per heavy atom. The highest BCUT2D eigenvalue weighted by Gasteiger charge is 2.34. The van der Waals surface area contributed by atoms with Crippen molar-refractivity contribution in [1.29, 1.82) is 0 Å². The molecule has 192 valence electrons. The quantitative estimate of drug-likeness (QED) is 0.211. The zero-order chi connectivity index (χ0) is 26.2. The summed E-state index contributed by atoms with van der Waals surface area (Å²) >= 11 is 36.8. The predicted octanol–water partition coefficient (Wildman–Crippen LogP) is 7.25. The number of esters is 1. The van der Waals surface area contributed by atoms with E-state index in [1.807, 2.05) is 12.1 Å². The number of rotatable bonds is 5. The number of carboxylic acids is 1. The summed E-state index contributed by atoms with van der Waals surface area (Å²) in [6, 6.07) is 7.16. The van der Waals surface area contributed by atoms with Gasteiger partial charge in [-0.05, 0) is 37.8 Å². The Bertz CT molecular complexity index is 973. The molecule has 1 heterocycles. The third kappa shape index (κ3) is 11.0. The minimum absolute atomic E-state index is 0.0484. The Kier molecular flexibility index (Phi) is 11.9. The monoisotopic (exact) mass is 621 g/mol. The lowest BCUT2D eigenvalue weighted by Crippen LogP contribution is -2.21. The molecule has 1 fully saturated rings. The second-order valence-corrected chi connectivity index (χ2v) is 13.0. The van der Waals surface area contributed by atoms with Gasteiger partial charge in [0.25, 0.3) is 5.97 Å². The van der Waals surface area contributed by atoms with E-state index in [9.17, 15) is 4.79 Å². The molecule has 0 unspecified atom stereocenters. The highest BCUT2D eigenvalue weighted by molar-refractivity contribution is 8.00. The van der Waals surface area contributed by atoms with E-state index in [0.717, 1.165) is 37.5 Å². The van der Waals surface area contributed by atoms with Gasteiger partial charge in [-0.2, -0.15) is 0 Å². The van der Waals surface area contributed by atoms with Gasteiger partial charge in [0.15, 0.2) is 17.5 Å². The average Bonchev–Trinajstić information content (AvgIpc) is 2.77. The number of aliphatic carboxylic acids is 1. The Morgan fingerprint density at radius 1 is 0.943 bits per heavy atom. The first-order valence-electron chi connectivity index (χ1n) is 10.3. The summed E-state index contributed by atoms with van der Waals surface area (Å²) in [5.41, 5.74) is 0.600. The molecule has 1 aromatic heterocycles. The Labute approximate surface area is 237 Å². The first-order chi connectivity index (χ1) is 16.3. The fraction of sp³-hybridized carbons (Fsp3) is 0.476. The van der Waals surface area contributed by atoms with Crippen LogP contribution in [0.5, 0.6) is 0 Å². The SMILES string of the molecule is CC(=O)O.O=C(CSc1ccc(-c2nc(C(Cl)(Cl)Cl)nc(C(Cl)(Cl)Cl)n2)cc1)OC1CCCCC1. The molecule has 0 aliphatic heterocycles. The molecule has 14 heteroatoms. The van der Waals surface area contributed by atoms with Crippen LogP contribution in [-0.4, -0.2) is 43.9 Å². The van der Waals surface area contributed by atoms with Gasteiger partial charge in [-0.25, -0.2) is 15.0 Å². The molecular weight excluding hydrogens is 603 g/mol. The molecule has 1 saturated carbocycles. The van der Waals surface area contributed by atoms with E-state index in [4.69, 9.17) is 84.2 Å². The predicted molar refractivity (Wildman–Crippen MR) is 141 cm³/mol. The number of ether oxygens (including phenoxy) is 1. The molecule has 0 spiro atoms. The van der Waals surface area contributed by atoms with Crippen LogP contribution >= 0.6 is 81.4 Å². The number of thioether (sulfide) groups is 1. The van der Waals surface area contributed by atoms with Crippen LogP contribution < -0.4 is 0 Å². The Morgan fingerprint density at radius 2 is 1.43 bits per heavy atom. The Hall–Kier alpha value is -0.740. The standard InChI is InChI=1S/C19H17Cl6N3O2S.C2H4O2/c20-18(21,22)16-26-15(27-17(28-16)19(23,24)25)11-6-8-13(9-7-11)31-10-14(29)30-12-4-2-1-3-5-12;1-2(3)4/h6-9,12H,1-5,10H2;1H3,(H,3,4). The zero-order valence-corrected chi connectivity index (χ0v) is 23.7. The van der Waals surface area contributed by atoms with Crippen LogP contribution in [0, 0.1) is 0 Å². The summed E-state index contributed by atoms with van der Waals surface area (Å²) < 4.78 is 1.69. The average molecular weight is 624 g/mol. The Balaban J connectivity index is 0.00000100. The van der Waals surface area contributed by atoms with Crippen LogP contribution in [0.3, 0.4) is 0 Å². The van der Waals surface area contributed by atoms with Crippen molar-refractivity contribution in [3.63, 3.8) is 0 Å². The van der Waals surface area contributed by atoms with Gasteiger partial charge in [-0.15, -0.1) is 11.8 Å². The van der Waals surface area contributed by atoms with E-state index >= 15 is 0 Å². The minimum Gasteiger partial charge on any atom is -0.481 e. The van der Waals surface area contributed by atoms with E-state index < -0.39 is 13.6 Å². The fourth-order valence-corrected chi connectivity index (χ4v) is 4.19. The summed E-state index contributed by atoms with van der Waals surface area (Å²) in [7, 11) is 0. The van der Waals surface area contributed by atoms with E-state index in [1.165, 1.54) is 18.2 Å². The van der Waals surface area contributed by atoms with E-state index in [1.54, 1.807) is 12.1 Å². The summed E-state index contributed by atoms with van der Waals surface area (Å²) in [5, 5.41) is 7.42. The van der Waals surface area contributed by atoms with Crippen LogP contribution in [0.1, 0.15) is 50.7 Å². The van der Waals surface area contributed by atoms with Crippen LogP contribution in [0.4, 0.5) is 0 Å². The molecule has 1 aliphatic carbocycles. The summed E-state index contributed by atoms with van der Waals surface area (Å²) in [5.74, 6) is -0.944. The third-order valence-corrected chi connectivity index (χ3v) is 6.46. The number of carbonyl (C=O) groups is 2. The molecule has 0 radical (unpaired) electrons. The lowest BCUT2D eigenvalue weighted by Gasteiger charge is -2.21. The maximum absolute atomic E-state index is 12.1. The van der Waals surface area contributed by atoms with Crippen molar-refractivity contribution in [3.05, 3.63) is 35.9 Å². The molecule has 0 saturated heterocycles. The van der Waals surface area contributed by atoms with Gasteiger partial charge in [0.1, 0.15) is 6.10 Å². The van der Waals surface area contributed by atoms with Crippen molar-refractivity contribution < 1.29 is 19.4 Å². The minimum atomic E-state index is -1.92. The smallest absolute Gasteiger partial charge is 0.316 e.